The Bertz CT molecular complexity index is 2390. The van der Waals surface area contributed by atoms with Gasteiger partial charge in [-0.05, 0) is 55.4 Å². The van der Waals surface area contributed by atoms with Crippen LogP contribution in [0.5, 0.6) is 0 Å². The third kappa shape index (κ3) is 17.8. The minimum absolute atomic E-state index is 0.442. The van der Waals surface area contributed by atoms with Crippen molar-refractivity contribution in [3.8, 4) is 0 Å². The molecular weight excluding hydrogens is 1360 g/mol. The quantitative estimate of drug-likeness (QED) is 0.0475. The predicted octanol–water partition coefficient (Wildman–Crippen LogP) is -7.63. The van der Waals surface area contributed by atoms with E-state index in [1.165, 1.54) is 48.5 Å². The van der Waals surface area contributed by atoms with Crippen LogP contribution in [0.25, 0.3) is 0 Å². The fourth-order valence-corrected chi connectivity index (χ4v) is 12.3. The van der Waals surface area contributed by atoms with Gasteiger partial charge in [-0.3, -0.25) is 9.59 Å². The summed E-state index contributed by atoms with van der Waals surface area (Å²) in [7, 11) is 0. The summed E-state index contributed by atoms with van der Waals surface area (Å²) in [6.45, 7) is 12.3. The van der Waals surface area contributed by atoms with Crippen LogP contribution < -0.4 is 5.32 Å². The summed E-state index contributed by atoms with van der Waals surface area (Å²) < 4.78 is 84.2. The summed E-state index contributed by atoms with van der Waals surface area (Å²) in [5, 5.41) is 182. The van der Waals surface area contributed by atoms with Gasteiger partial charge in [0.2, 0.25) is 0 Å². The summed E-state index contributed by atoms with van der Waals surface area (Å²) in [5.41, 5.74) is 0. The fourth-order valence-electron chi connectivity index (χ4n) is 12.0. The lowest BCUT2D eigenvalue weighted by molar-refractivity contribution is -0.388. The van der Waals surface area contributed by atoms with Crippen molar-refractivity contribution in [2.24, 2.45) is 5.92 Å². The molecule has 0 saturated carbocycles. The van der Waals surface area contributed by atoms with E-state index in [9.17, 15) is 96.4 Å². The molecule has 8 aliphatic heterocycles. The van der Waals surface area contributed by atoms with Gasteiger partial charge in [0.05, 0.1) is 74.2 Å². The Morgan fingerprint density at radius 1 is 0.351 bits per heavy atom. The first-order valence-corrected chi connectivity index (χ1v) is 32.3. The van der Waals surface area contributed by atoms with Crippen molar-refractivity contribution in [3.63, 3.8) is 0 Å². The normalized spacial score (nSPS) is 51.2. The summed E-state index contributed by atoms with van der Waals surface area (Å²) >= 11 is 22.9. The minimum atomic E-state index is -2.41. The van der Waals surface area contributed by atoms with Crippen LogP contribution in [0.15, 0.2) is 0 Å². The number of carbonyl (C=O) groups is 2. The van der Waals surface area contributed by atoms with Crippen LogP contribution in [0.1, 0.15) is 62.3 Å². The highest BCUT2D eigenvalue weighted by Crippen LogP contribution is 2.39. The molecule has 0 aromatic heterocycles. The molecule has 39 heteroatoms. The molecule has 548 valence electrons. The van der Waals surface area contributed by atoms with Gasteiger partial charge in [-0.15, -0.1) is 11.6 Å². The second-order valence-electron chi connectivity index (χ2n) is 24.8. The van der Waals surface area contributed by atoms with Crippen LogP contribution in [0.4, 0.5) is 0 Å². The van der Waals surface area contributed by atoms with Crippen molar-refractivity contribution in [2.45, 2.75) is 305 Å². The molecule has 8 saturated heterocycles. The number of rotatable bonds is 17. The first kappa shape index (κ1) is 80.2. The second-order valence-corrected chi connectivity index (χ2v) is 27.3. The van der Waals surface area contributed by atoms with E-state index in [1.54, 1.807) is 13.8 Å². The van der Waals surface area contributed by atoms with Crippen LogP contribution in [-0.2, 0) is 80.6 Å². The molecule has 40 atom stereocenters. The van der Waals surface area contributed by atoms with E-state index in [4.69, 9.17) is 117 Å². The number of amides is 1. The molecule has 94 heavy (non-hydrogen) atoms. The van der Waals surface area contributed by atoms with Crippen LogP contribution in [0.3, 0.4) is 0 Å². The lowest BCUT2D eigenvalue weighted by Crippen LogP contribution is -2.68. The van der Waals surface area contributed by atoms with Gasteiger partial charge in [-0.2, -0.15) is 0 Å². The van der Waals surface area contributed by atoms with Gasteiger partial charge >= 0.3 is 5.97 Å². The number of hydrogen-bond acceptors (Lipinski definition) is 34. The number of nitrogens with one attached hydrogen (secondary N) is 1. The number of aliphatic hydroxyl groups excluding tert-OH is 17. The highest BCUT2D eigenvalue weighted by molar-refractivity contribution is 6.76. The molecule has 8 rings (SSSR count). The molecule has 0 aliphatic carbocycles. The zero-order valence-corrected chi connectivity index (χ0v) is 55.3. The second kappa shape index (κ2) is 33.8. The first-order chi connectivity index (χ1) is 43.9. The molecule has 0 spiro atoms. The third-order valence-corrected chi connectivity index (χ3v) is 18.8. The lowest BCUT2D eigenvalue weighted by Gasteiger charge is -2.49. The topological polar surface area (TPSA) is 529 Å². The van der Waals surface area contributed by atoms with Gasteiger partial charge in [-0.1, -0.05) is 41.7 Å². The lowest BCUT2D eigenvalue weighted by atomic mass is 9.88. The number of aliphatic hydroxyl groups is 17. The molecule has 8 fully saturated rings. The number of carbonyl (C=O) groups excluding carboxylic acids is 2. The number of hydrogen-bond donors (Lipinski definition) is 18. The van der Waals surface area contributed by atoms with Crippen molar-refractivity contribution in [2.75, 3.05) is 19.1 Å². The number of esters is 1. The minimum Gasteiger partial charge on any atom is -0.453 e. The van der Waals surface area contributed by atoms with Crippen LogP contribution in [0, 0.1) is 5.92 Å². The van der Waals surface area contributed by atoms with Crippen LogP contribution in [0.2, 0.25) is 0 Å². The van der Waals surface area contributed by atoms with E-state index < -0.39 is 280 Å². The van der Waals surface area contributed by atoms with Gasteiger partial charge in [0.1, 0.15) is 140 Å². The van der Waals surface area contributed by atoms with E-state index in [1.807, 2.05) is 0 Å². The van der Waals surface area contributed by atoms with Crippen molar-refractivity contribution in [1.29, 1.82) is 0 Å². The zero-order valence-electron chi connectivity index (χ0n) is 52.3. The van der Waals surface area contributed by atoms with E-state index in [2.05, 4.69) is 5.32 Å². The van der Waals surface area contributed by atoms with Gasteiger partial charge in [0.25, 0.3) is 9.70 Å². The SMILES string of the molecule is CC1O[C@@H](OC2[C@H](O[C@@H]3C(O)[C@H](O[C@@H]4C(NC(=O)C(Cl)(Cl)Cl)[C@H](C)OC(CO)[C@H]4O)OC(C)[C@@H]3O)OC(C)[C@H](O)[C@@H]2O)C(O)[C@@H](O)[C@H]1O.CC1[C@H](C)OC(CO)[C@@H](O)[C@@H]1O[C@@H]1OC(C)[C@H](O)[C@H](O[C@@H]2OC(C)[C@H](O)[C@H](O)C2O[C@@H]2OC(C)[C@H](O)[C@H](O)C2O)C1OC(=O)CCl. The summed E-state index contributed by atoms with van der Waals surface area (Å²) in [6, 6.07) is -1.22. The number of alkyl halides is 4. The molecule has 1 amide bonds. The Hall–Kier alpha value is -1.14. The van der Waals surface area contributed by atoms with E-state index in [-0.39, 0.29) is 0 Å². The van der Waals surface area contributed by atoms with Crippen LogP contribution in [-0.4, -0.2) is 361 Å². The summed E-state index contributed by atoms with van der Waals surface area (Å²) in [4.78, 5) is 25.0. The summed E-state index contributed by atoms with van der Waals surface area (Å²) in [5.74, 6) is -3.08. The molecule has 0 aromatic rings. The largest absolute Gasteiger partial charge is 0.453 e. The molecule has 8 heterocycles. The monoisotopic (exact) mass is 1450 g/mol. The fraction of sp³-hybridized carbons (Fsp3) is 0.964. The maximum absolute atomic E-state index is 12.5. The van der Waals surface area contributed by atoms with Crippen LogP contribution >= 0.6 is 46.4 Å². The smallest absolute Gasteiger partial charge is 0.321 e. The van der Waals surface area contributed by atoms with E-state index in [0.29, 0.717) is 0 Å². The molecule has 18 N–H and O–H groups in total. The zero-order chi connectivity index (χ0) is 70.2. The molecule has 35 nitrogen and oxygen atoms in total. The van der Waals surface area contributed by atoms with Gasteiger partial charge in [0.15, 0.2) is 43.8 Å². The number of ether oxygens (including phenoxy) is 15. The van der Waals surface area contributed by atoms with Gasteiger partial charge in [0, 0.05) is 5.92 Å². The highest BCUT2D eigenvalue weighted by atomic mass is 35.6. The van der Waals surface area contributed by atoms with Crippen molar-refractivity contribution in [1.82, 2.24) is 5.32 Å². The van der Waals surface area contributed by atoms with Gasteiger partial charge < -0.3 is 163 Å². The Morgan fingerprint density at radius 2 is 0.681 bits per heavy atom. The summed E-state index contributed by atoms with van der Waals surface area (Å²) in [6.07, 6.45) is -54.4. The molecule has 16 unspecified atom stereocenters. The Balaban J connectivity index is 0.000000266. The van der Waals surface area contributed by atoms with Gasteiger partial charge in [-0.25, -0.2) is 0 Å². The average Bonchev–Trinajstić information content (AvgIpc) is 0.781. The van der Waals surface area contributed by atoms with Crippen molar-refractivity contribution < 1.29 is 167 Å². The van der Waals surface area contributed by atoms with Crippen molar-refractivity contribution >= 4 is 58.3 Å². The maximum Gasteiger partial charge on any atom is 0.321 e. The van der Waals surface area contributed by atoms with E-state index in [0.717, 1.165) is 0 Å². The van der Waals surface area contributed by atoms with Crippen molar-refractivity contribution in [3.05, 3.63) is 0 Å². The predicted molar refractivity (Wildman–Crippen MR) is 310 cm³/mol. The standard InChI is InChI=1S/C28H47ClO17.C27H44Cl3NO17/c1-8-9(2)39-13(7-30)18(35)22(8)44-28-25(43-14(31)6-29)23(17(34)12(5)42-28)45-27-24(20(37)16(33)11(4)41-27)46-26-21(38)19(36)15(32)10(3)40-26;1-6-11(31-26(41)27(28,29)30)20(15(36)10(5-32)42-6)46-24-19(40)21(14(35)9(4)44-24)47-25-22(17(38)13(34)8(3)45-25)48-23-18(39)16(37)12(33)7(2)43-23/h8-13,15-28,30,32-38H,6-7H2,1-5H3;6-25,32-40H,5H2,1-4H3,(H,31,41)/t8?,9-,10?,11?,12?,13?,15-,16-,17-,18+,19-,20-,21?,22+,23-,24?,25?,26-,27-,28-;6-,7?,8?,9?,10?,11?,12-,13-,14-,15+,16-,17-,18?,19?,20+,21-,22?,23-,24-,25-/m00/s1. The Labute approximate surface area is 559 Å². The Morgan fingerprint density at radius 3 is 1.11 bits per heavy atom. The number of halogens is 4. The molecule has 8 aliphatic rings. The first-order valence-electron chi connectivity index (χ1n) is 30.6. The molecule has 0 radical (unpaired) electrons. The highest BCUT2D eigenvalue weighted by Gasteiger charge is 2.58. The van der Waals surface area contributed by atoms with E-state index >= 15 is 0 Å². The third-order valence-electron chi connectivity index (χ3n) is 18.1. The molecule has 0 aromatic carbocycles. The maximum atomic E-state index is 12.5. The Kier molecular flexibility index (Phi) is 28.8. The molecular formula is C55H91Cl4NO34. The average molecular weight is 1450 g/mol. The molecule has 0 bridgehead atoms.